The van der Waals surface area contributed by atoms with Gasteiger partial charge in [-0.3, -0.25) is 14.7 Å². The van der Waals surface area contributed by atoms with Crippen LogP contribution in [0, 0.1) is 0 Å². The molecule has 0 unspecified atom stereocenters. The second kappa shape index (κ2) is 7.58. The zero-order valence-electron chi connectivity index (χ0n) is 13.3. The predicted octanol–water partition coefficient (Wildman–Crippen LogP) is 3.66. The number of rotatable bonds is 4. The van der Waals surface area contributed by atoms with E-state index in [4.69, 9.17) is 17.0 Å². The minimum absolute atomic E-state index is 0.204. The Balaban J connectivity index is 1.83. The van der Waals surface area contributed by atoms with Gasteiger partial charge >= 0.3 is 5.97 Å². The van der Waals surface area contributed by atoms with Gasteiger partial charge in [0.2, 0.25) is 0 Å². The molecule has 0 spiro atoms. The smallest absolute Gasteiger partial charge is 0.338 e. The molecule has 0 atom stereocenters. The summed E-state index contributed by atoms with van der Waals surface area (Å²) in [5.41, 5.74) is 1.74. The number of aromatic nitrogens is 1. The summed E-state index contributed by atoms with van der Waals surface area (Å²) in [6.45, 7) is 2.06. The topological polar surface area (TPSA) is 59.5 Å². The molecule has 1 aromatic carbocycles. The van der Waals surface area contributed by atoms with Crippen LogP contribution >= 0.6 is 24.0 Å². The van der Waals surface area contributed by atoms with E-state index in [2.05, 4.69) is 4.98 Å². The molecule has 25 heavy (non-hydrogen) atoms. The average Bonchev–Trinajstić information content (AvgIpc) is 2.90. The Kier molecular flexibility index (Phi) is 5.25. The second-order valence-corrected chi connectivity index (χ2v) is 6.71. The van der Waals surface area contributed by atoms with E-state index in [0.29, 0.717) is 32.8 Å². The molecule has 1 fully saturated rings. The van der Waals surface area contributed by atoms with Gasteiger partial charge in [0.1, 0.15) is 0 Å². The van der Waals surface area contributed by atoms with Crippen LogP contribution in [0.15, 0.2) is 53.6 Å². The van der Waals surface area contributed by atoms with Gasteiger partial charge in [-0.2, -0.15) is 0 Å². The highest BCUT2D eigenvalue weighted by Crippen LogP contribution is 2.35. The van der Waals surface area contributed by atoms with E-state index in [1.54, 1.807) is 43.5 Å². The number of hydrogen-bond acceptors (Lipinski definition) is 6. The van der Waals surface area contributed by atoms with Gasteiger partial charge in [0.15, 0.2) is 4.32 Å². The summed E-state index contributed by atoms with van der Waals surface area (Å²) in [7, 11) is 0. The molecule has 0 aliphatic carbocycles. The van der Waals surface area contributed by atoms with Crippen LogP contribution in [0.1, 0.15) is 23.0 Å². The molecular formula is C18H14N2O3S2. The van der Waals surface area contributed by atoms with Crippen LogP contribution in [-0.4, -0.2) is 27.8 Å². The third kappa shape index (κ3) is 3.78. The number of carbonyl (C=O) groups is 2. The number of ether oxygens (including phenoxy) is 1. The van der Waals surface area contributed by atoms with Crippen molar-refractivity contribution >= 4 is 51.9 Å². The van der Waals surface area contributed by atoms with Crippen molar-refractivity contribution in [3.8, 4) is 0 Å². The zero-order valence-corrected chi connectivity index (χ0v) is 15.0. The van der Waals surface area contributed by atoms with Crippen LogP contribution in [0.4, 0.5) is 5.69 Å². The van der Waals surface area contributed by atoms with Crippen LogP contribution in [0.3, 0.4) is 0 Å². The molecule has 0 bridgehead atoms. The minimum atomic E-state index is -0.394. The SMILES string of the molecule is CCOC(=O)c1ccc(N2C(=O)/C(=C/c3ccccn3)SC2=S)cc1. The number of hydrogen-bond donors (Lipinski definition) is 0. The molecule has 2 heterocycles. The van der Waals surface area contributed by atoms with Gasteiger partial charge in [-0.1, -0.05) is 30.0 Å². The Morgan fingerprint density at radius 2 is 2.04 bits per heavy atom. The molecule has 1 aliphatic heterocycles. The number of anilines is 1. The number of thiocarbonyl (C=S) groups is 1. The van der Waals surface area contributed by atoms with Crippen molar-refractivity contribution in [2.75, 3.05) is 11.5 Å². The second-order valence-electron chi connectivity index (χ2n) is 5.04. The van der Waals surface area contributed by atoms with Crippen LogP contribution in [0.25, 0.3) is 6.08 Å². The lowest BCUT2D eigenvalue weighted by Gasteiger charge is -2.14. The number of benzene rings is 1. The van der Waals surface area contributed by atoms with E-state index in [9.17, 15) is 9.59 Å². The van der Waals surface area contributed by atoms with E-state index in [-0.39, 0.29) is 5.91 Å². The van der Waals surface area contributed by atoms with Gasteiger partial charge in [0.05, 0.1) is 28.5 Å². The number of nitrogens with zero attached hydrogens (tertiary/aromatic N) is 2. The van der Waals surface area contributed by atoms with Gasteiger partial charge < -0.3 is 4.74 Å². The Labute approximate surface area is 154 Å². The average molecular weight is 370 g/mol. The maximum Gasteiger partial charge on any atom is 0.338 e. The summed E-state index contributed by atoms with van der Waals surface area (Å²) in [6, 6.07) is 12.1. The Morgan fingerprint density at radius 3 is 2.68 bits per heavy atom. The van der Waals surface area contributed by atoms with Gasteiger partial charge in [-0.25, -0.2) is 4.79 Å². The largest absolute Gasteiger partial charge is 0.462 e. The van der Waals surface area contributed by atoms with Crippen molar-refractivity contribution in [2.24, 2.45) is 0 Å². The number of amides is 1. The molecule has 5 nitrogen and oxygen atoms in total. The van der Waals surface area contributed by atoms with Crippen molar-refractivity contribution in [3.63, 3.8) is 0 Å². The fourth-order valence-corrected chi connectivity index (χ4v) is 3.53. The highest BCUT2D eigenvalue weighted by atomic mass is 32.2. The van der Waals surface area contributed by atoms with Gasteiger partial charge in [0, 0.05) is 6.20 Å². The molecule has 2 aromatic rings. The quantitative estimate of drug-likeness (QED) is 0.465. The lowest BCUT2D eigenvalue weighted by Crippen LogP contribution is -2.27. The van der Waals surface area contributed by atoms with E-state index in [1.165, 1.54) is 16.7 Å². The van der Waals surface area contributed by atoms with Gasteiger partial charge in [-0.05, 0) is 49.4 Å². The first-order valence-electron chi connectivity index (χ1n) is 7.56. The van der Waals surface area contributed by atoms with E-state index in [1.807, 2.05) is 18.2 Å². The summed E-state index contributed by atoms with van der Waals surface area (Å²) in [4.78, 5) is 30.5. The van der Waals surface area contributed by atoms with Crippen molar-refractivity contribution in [3.05, 3.63) is 64.8 Å². The van der Waals surface area contributed by atoms with Crippen molar-refractivity contribution in [2.45, 2.75) is 6.92 Å². The predicted molar refractivity (Wildman–Crippen MR) is 102 cm³/mol. The molecule has 0 saturated carbocycles. The normalized spacial score (nSPS) is 15.7. The van der Waals surface area contributed by atoms with Crippen molar-refractivity contribution in [1.29, 1.82) is 0 Å². The number of carbonyl (C=O) groups excluding carboxylic acids is 2. The van der Waals surface area contributed by atoms with E-state index < -0.39 is 5.97 Å². The lowest BCUT2D eigenvalue weighted by atomic mass is 10.2. The van der Waals surface area contributed by atoms with Crippen LogP contribution in [0.2, 0.25) is 0 Å². The molecular weight excluding hydrogens is 356 g/mol. The minimum Gasteiger partial charge on any atom is -0.462 e. The molecule has 1 aromatic heterocycles. The molecule has 0 radical (unpaired) electrons. The van der Waals surface area contributed by atoms with Crippen LogP contribution in [-0.2, 0) is 9.53 Å². The molecule has 7 heteroatoms. The third-order valence-corrected chi connectivity index (χ3v) is 4.70. The molecule has 0 N–H and O–H groups in total. The molecule has 1 saturated heterocycles. The van der Waals surface area contributed by atoms with E-state index in [0.717, 1.165) is 0 Å². The number of pyridine rings is 1. The molecule has 126 valence electrons. The summed E-state index contributed by atoms with van der Waals surface area (Å²) in [6.07, 6.45) is 3.38. The Hall–Kier alpha value is -2.51. The zero-order chi connectivity index (χ0) is 17.8. The van der Waals surface area contributed by atoms with E-state index >= 15 is 0 Å². The first-order valence-corrected chi connectivity index (χ1v) is 8.79. The van der Waals surface area contributed by atoms with Crippen molar-refractivity contribution in [1.82, 2.24) is 4.98 Å². The first-order chi connectivity index (χ1) is 12.1. The highest BCUT2D eigenvalue weighted by molar-refractivity contribution is 8.27. The first kappa shape index (κ1) is 17.3. The maximum absolute atomic E-state index is 12.7. The summed E-state index contributed by atoms with van der Waals surface area (Å²) >= 11 is 6.56. The third-order valence-electron chi connectivity index (χ3n) is 3.40. The summed E-state index contributed by atoms with van der Waals surface area (Å²) in [5.74, 6) is -0.598. The Bertz CT molecular complexity index is 848. The fourth-order valence-electron chi connectivity index (χ4n) is 2.25. The van der Waals surface area contributed by atoms with Crippen LogP contribution in [0.5, 0.6) is 0 Å². The van der Waals surface area contributed by atoms with Gasteiger partial charge in [0.25, 0.3) is 5.91 Å². The molecule has 3 rings (SSSR count). The molecule has 1 aliphatic rings. The molecule has 1 amide bonds. The lowest BCUT2D eigenvalue weighted by molar-refractivity contribution is -0.113. The summed E-state index contributed by atoms with van der Waals surface area (Å²) < 4.78 is 5.39. The fraction of sp³-hybridized carbons (Fsp3) is 0.111. The van der Waals surface area contributed by atoms with Crippen molar-refractivity contribution < 1.29 is 14.3 Å². The number of thioether (sulfide) groups is 1. The van der Waals surface area contributed by atoms with Gasteiger partial charge in [-0.15, -0.1) is 0 Å². The van der Waals surface area contributed by atoms with Crippen LogP contribution < -0.4 is 4.90 Å². The number of esters is 1. The standard InChI is InChI=1S/C18H14N2O3S2/c1-2-23-17(22)12-6-8-14(9-7-12)20-16(21)15(25-18(20)24)11-13-5-3-4-10-19-13/h3-11H,2H2,1H3/b15-11-. The monoisotopic (exact) mass is 370 g/mol. The maximum atomic E-state index is 12.7. The Morgan fingerprint density at radius 1 is 1.28 bits per heavy atom. The highest BCUT2D eigenvalue weighted by Gasteiger charge is 2.33. The summed E-state index contributed by atoms with van der Waals surface area (Å²) in [5, 5.41) is 0.